The number of aldehydes is 1. The molecule has 0 aromatic heterocycles. The fraction of sp³-hybridized carbons (Fsp3) is 0.875. The molecule has 0 aromatic rings. The van der Waals surface area contributed by atoms with Crippen LogP contribution in [0.15, 0.2) is 0 Å². The molecule has 64 valence electrons. The van der Waals surface area contributed by atoms with E-state index in [1.54, 1.807) is 0 Å². The molecule has 0 bridgehead atoms. The highest BCUT2D eigenvalue weighted by molar-refractivity contribution is 5.62. The zero-order valence-corrected chi connectivity index (χ0v) is 6.84. The third kappa shape index (κ3) is 2.01. The van der Waals surface area contributed by atoms with Gasteiger partial charge in [-0.2, -0.15) is 0 Å². The van der Waals surface area contributed by atoms with Gasteiger partial charge in [0.15, 0.2) is 6.29 Å². The molecule has 11 heavy (non-hydrogen) atoms. The van der Waals surface area contributed by atoms with Crippen molar-refractivity contribution in [2.24, 2.45) is 0 Å². The Kier molecular flexibility index (Phi) is 3.02. The number of ether oxygens (including phenoxy) is 2. The van der Waals surface area contributed by atoms with Crippen molar-refractivity contribution in [1.29, 1.82) is 0 Å². The van der Waals surface area contributed by atoms with E-state index in [1.165, 1.54) is 0 Å². The second-order valence-corrected chi connectivity index (χ2v) is 2.73. The lowest BCUT2D eigenvalue weighted by Gasteiger charge is -2.31. The van der Waals surface area contributed by atoms with E-state index >= 15 is 0 Å². The van der Waals surface area contributed by atoms with Crippen LogP contribution in [0.4, 0.5) is 0 Å². The average molecular weight is 158 g/mol. The first-order valence-corrected chi connectivity index (χ1v) is 4.01. The predicted octanol–water partition coefficient (Wildman–Crippen LogP) is 0.771. The van der Waals surface area contributed by atoms with Gasteiger partial charge < -0.3 is 14.3 Å². The Morgan fingerprint density at radius 2 is 2.18 bits per heavy atom. The molecule has 1 aliphatic heterocycles. The molecule has 0 spiro atoms. The maximum Gasteiger partial charge on any atom is 0.152 e. The first kappa shape index (κ1) is 8.68. The number of carbonyl (C=O) groups is 1. The summed E-state index contributed by atoms with van der Waals surface area (Å²) >= 11 is 0. The van der Waals surface area contributed by atoms with Crippen LogP contribution in [0, 0.1) is 0 Å². The summed E-state index contributed by atoms with van der Waals surface area (Å²) in [6.07, 6.45) is 2.31. The van der Waals surface area contributed by atoms with Crippen LogP contribution in [0.2, 0.25) is 0 Å². The summed E-state index contributed by atoms with van der Waals surface area (Å²) in [5, 5.41) is 0. The van der Waals surface area contributed by atoms with Gasteiger partial charge in [0.2, 0.25) is 0 Å². The van der Waals surface area contributed by atoms with Gasteiger partial charge in [0.25, 0.3) is 0 Å². The Morgan fingerprint density at radius 3 is 2.64 bits per heavy atom. The van der Waals surface area contributed by atoms with Crippen LogP contribution >= 0.6 is 0 Å². The maximum atomic E-state index is 10.7. The van der Waals surface area contributed by atoms with Crippen molar-refractivity contribution in [3.8, 4) is 0 Å². The zero-order chi connectivity index (χ0) is 8.16. The lowest BCUT2D eigenvalue weighted by molar-refractivity contribution is -0.144. The summed E-state index contributed by atoms with van der Waals surface area (Å²) in [5.74, 6) is 0. The summed E-state index contributed by atoms with van der Waals surface area (Å²) in [6, 6.07) is 0. The topological polar surface area (TPSA) is 35.5 Å². The molecule has 3 nitrogen and oxygen atoms in total. The van der Waals surface area contributed by atoms with Crippen molar-refractivity contribution >= 4 is 6.29 Å². The fourth-order valence-corrected chi connectivity index (χ4v) is 1.30. The van der Waals surface area contributed by atoms with E-state index in [2.05, 4.69) is 0 Å². The molecule has 1 rings (SSSR count). The van der Waals surface area contributed by atoms with Gasteiger partial charge in [-0.1, -0.05) is 0 Å². The highest BCUT2D eigenvalue weighted by atomic mass is 16.5. The molecule has 1 aliphatic rings. The summed E-state index contributed by atoms with van der Waals surface area (Å²) in [7, 11) is 0. The van der Waals surface area contributed by atoms with E-state index in [0.717, 1.165) is 6.29 Å². The Bertz CT molecular complexity index is 122. The van der Waals surface area contributed by atoms with Crippen LogP contribution in [0.3, 0.4) is 0 Å². The van der Waals surface area contributed by atoms with Crippen molar-refractivity contribution in [3.05, 3.63) is 0 Å². The average Bonchev–Trinajstić information content (AvgIpc) is 2.07. The highest BCUT2D eigenvalue weighted by Crippen LogP contribution is 2.22. The first-order valence-electron chi connectivity index (χ1n) is 4.01. The molecule has 0 radical (unpaired) electrons. The number of hydrogen-bond donors (Lipinski definition) is 0. The van der Waals surface area contributed by atoms with Gasteiger partial charge in [0, 0.05) is 32.7 Å². The normalized spacial score (nSPS) is 23.0. The molecule has 0 amide bonds. The highest BCUT2D eigenvalue weighted by Gasteiger charge is 2.32. The standard InChI is InChI=1S/C8H14O3/c1-2-11-8(7-9)3-5-10-6-4-8/h7H,2-6H2,1H3. The van der Waals surface area contributed by atoms with Crippen LogP contribution in [0.1, 0.15) is 19.8 Å². The molecule has 0 saturated carbocycles. The third-order valence-corrected chi connectivity index (χ3v) is 1.99. The molecule has 0 atom stereocenters. The molecule has 0 aromatic carbocycles. The third-order valence-electron chi connectivity index (χ3n) is 1.99. The largest absolute Gasteiger partial charge is 0.381 e. The second-order valence-electron chi connectivity index (χ2n) is 2.73. The van der Waals surface area contributed by atoms with Crippen LogP contribution in [-0.2, 0) is 14.3 Å². The van der Waals surface area contributed by atoms with Crippen LogP contribution in [0.25, 0.3) is 0 Å². The van der Waals surface area contributed by atoms with Crippen molar-refractivity contribution in [2.75, 3.05) is 19.8 Å². The fourth-order valence-electron chi connectivity index (χ4n) is 1.30. The minimum atomic E-state index is -0.535. The SMILES string of the molecule is CCOC1(C=O)CCOCC1. The van der Waals surface area contributed by atoms with Gasteiger partial charge in [-0.3, -0.25) is 0 Å². The van der Waals surface area contributed by atoms with E-state index in [9.17, 15) is 4.79 Å². The molecular weight excluding hydrogens is 144 g/mol. The summed E-state index contributed by atoms with van der Waals surface area (Å²) < 4.78 is 10.5. The number of rotatable bonds is 3. The number of carbonyl (C=O) groups excluding carboxylic acids is 1. The van der Waals surface area contributed by atoms with Crippen molar-refractivity contribution in [1.82, 2.24) is 0 Å². The molecule has 1 saturated heterocycles. The zero-order valence-electron chi connectivity index (χ0n) is 6.84. The molecule has 1 heterocycles. The minimum absolute atomic E-state index is 0.535. The Balaban J connectivity index is 2.49. The van der Waals surface area contributed by atoms with E-state index in [-0.39, 0.29) is 0 Å². The monoisotopic (exact) mass is 158 g/mol. The van der Waals surface area contributed by atoms with Gasteiger partial charge in [-0.25, -0.2) is 0 Å². The Labute approximate surface area is 66.7 Å². The van der Waals surface area contributed by atoms with Crippen LogP contribution in [-0.4, -0.2) is 31.7 Å². The van der Waals surface area contributed by atoms with Crippen molar-refractivity contribution in [3.63, 3.8) is 0 Å². The lowest BCUT2D eigenvalue weighted by Crippen LogP contribution is -2.40. The Hall–Kier alpha value is -0.410. The van der Waals surface area contributed by atoms with E-state index in [4.69, 9.17) is 9.47 Å². The van der Waals surface area contributed by atoms with E-state index in [0.29, 0.717) is 32.7 Å². The van der Waals surface area contributed by atoms with Crippen molar-refractivity contribution < 1.29 is 14.3 Å². The van der Waals surface area contributed by atoms with Gasteiger partial charge >= 0.3 is 0 Å². The molecule has 3 heteroatoms. The number of hydrogen-bond acceptors (Lipinski definition) is 3. The molecule has 0 unspecified atom stereocenters. The van der Waals surface area contributed by atoms with Gasteiger partial charge in [0.1, 0.15) is 5.60 Å². The predicted molar refractivity (Wildman–Crippen MR) is 40.5 cm³/mol. The van der Waals surface area contributed by atoms with Gasteiger partial charge in [0.05, 0.1) is 0 Å². The quantitative estimate of drug-likeness (QED) is 0.569. The van der Waals surface area contributed by atoms with E-state index in [1.807, 2.05) is 6.92 Å². The summed E-state index contributed by atoms with van der Waals surface area (Å²) in [6.45, 7) is 3.77. The van der Waals surface area contributed by atoms with Gasteiger partial charge in [-0.05, 0) is 6.92 Å². The summed E-state index contributed by atoms with van der Waals surface area (Å²) in [4.78, 5) is 10.7. The minimum Gasteiger partial charge on any atom is -0.381 e. The van der Waals surface area contributed by atoms with Crippen LogP contribution < -0.4 is 0 Å². The summed E-state index contributed by atoms with van der Waals surface area (Å²) in [5.41, 5.74) is -0.535. The maximum absolute atomic E-state index is 10.7. The van der Waals surface area contributed by atoms with E-state index < -0.39 is 5.60 Å². The molecular formula is C8H14O3. The Morgan fingerprint density at radius 1 is 1.55 bits per heavy atom. The van der Waals surface area contributed by atoms with Crippen molar-refractivity contribution in [2.45, 2.75) is 25.4 Å². The molecule has 0 N–H and O–H groups in total. The second kappa shape index (κ2) is 3.83. The first-order chi connectivity index (χ1) is 5.33. The lowest BCUT2D eigenvalue weighted by atomic mass is 9.96. The van der Waals surface area contributed by atoms with Gasteiger partial charge in [-0.15, -0.1) is 0 Å². The van der Waals surface area contributed by atoms with Crippen LogP contribution in [0.5, 0.6) is 0 Å². The molecule has 0 aliphatic carbocycles. The smallest absolute Gasteiger partial charge is 0.152 e. The molecule has 1 fully saturated rings.